The second-order valence-corrected chi connectivity index (χ2v) is 14.2. The molecule has 2 saturated heterocycles. The standard InChI is InChI=1S/C36H43BINO8/c1-21(2)25-19-26-33(36(44)39(35(26)43)15-9-5-8-12-31(40)41)27-20-37(45)47-29(32(25)27)14-13-24(23-10-6-4-7-11-23)16-22-17-28(38)34(42)30(18-22)46-3/h4,6-7,10-11,16-18,21,26-27,29,33,42,45H,5,8-9,12-15,19-20H2,1-3H3,(H,40,41)/b24-16-/t26-,27+,29-,33-/m1/s1. The highest BCUT2D eigenvalue weighted by atomic mass is 127. The molecule has 3 aliphatic rings. The van der Waals surface area contributed by atoms with Gasteiger partial charge in [0.2, 0.25) is 11.8 Å². The summed E-state index contributed by atoms with van der Waals surface area (Å²) in [6.07, 6.45) is 5.39. The smallest absolute Gasteiger partial charge is 0.455 e. The van der Waals surface area contributed by atoms with Gasteiger partial charge >= 0.3 is 13.1 Å². The van der Waals surface area contributed by atoms with Crippen molar-refractivity contribution >= 4 is 59.1 Å². The van der Waals surface area contributed by atoms with Crippen LogP contribution in [0.4, 0.5) is 0 Å². The van der Waals surface area contributed by atoms with Crippen molar-refractivity contribution in [1.82, 2.24) is 4.90 Å². The van der Waals surface area contributed by atoms with Crippen molar-refractivity contribution in [3.05, 3.63) is 68.3 Å². The van der Waals surface area contributed by atoms with Crippen LogP contribution in [0.25, 0.3) is 11.6 Å². The lowest BCUT2D eigenvalue weighted by Gasteiger charge is -2.44. The number of aromatic hydroxyl groups is 1. The Kier molecular flexibility index (Phi) is 11.5. The second-order valence-electron chi connectivity index (χ2n) is 13.1. The summed E-state index contributed by atoms with van der Waals surface area (Å²) in [5, 5.41) is 30.3. The lowest BCUT2D eigenvalue weighted by atomic mass is 9.57. The third kappa shape index (κ3) is 7.78. The van der Waals surface area contributed by atoms with Crippen LogP contribution in [0.1, 0.15) is 69.9 Å². The number of hydrogen-bond donors (Lipinski definition) is 3. The number of fused-ring (bicyclic) bond motifs is 3. The molecule has 2 amide bonds. The number of carbonyl (C=O) groups excluding carboxylic acids is 2. The average Bonchev–Trinajstić information content (AvgIpc) is 3.28. The number of carbonyl (C=O) groups is 3. The highest BCUT2D eigenvalue weighted by Gasteiger charge is 2.57. The zero-order valence-corrected chi connectivity index (χ0v) is 29.3. The summed E-state index contributed by atoms with van der Waals surface area (Å²) in [5.74, 6) is -1.83. The van der Waals surface area contributed by atoms with Gasteiger partial charge in [-0.1, -0.05) is 62.2 Å². The number of likely N-dealkylation sites (tertiary alicyclic amines) is 1. The van der Waals surface area contributed by atoms with Crippen LogP contribution in [0.2, 0.25) is 6.32 Å². The maximum Gasteiger partial charge on any atom is 0.455 e. The molecule has 2 heterocycles. The van der Waals surface area contributed by atoms with Crippen molar-refractivity contribution in [1.29, 1.82) is 0 Å². The minimum atomic E-state index is -1.05. The number of unbranched alkanes of at least 4 members (excludes halogenated alkanes) is 2. The van der Waals surface area contributed by atoms with Crippen LogP contribution >= 0.6 is 22.6 Å². The maximum atomic E-state index is 13.9. The molecule has 2 aromatic carbocycles. The molecule has 0 aromatic heterocycles. The van der Waals surface area contributed by atoms with E-state index in [-0.39, 0.29) is 48.7 Å². The SMILES string of the molecule is COc1cc(/C=C(/CC[C@H]2OB(O)C[C@H]3C2=C(C(C)C)C[C@H]2C(=O)N(CCCCCC(=O)O)C(=O)[C@H]23)c2ccccc2)cc(I)c1O. The molecule has 0 bridgehead atoms. The Morgan fingerprint density at radius 1 is 1.11 bits per heavy atom. The summed E-state index contributed by atoms with van der Waals surface area (Å²) in [6.45, 7) is 4.51. The van der Waals surface area contributed by atoms with Gasteiger partial charge < -0.3 is 24.6 Å². The number of methoxy groups -OCH3 is 1. The first-order chi connectivity index (χ1) is 22.5. The summed E-state index contributed by atoms with van der Waals surface area (Å²) in [4.78, 5) is 39.7. The number of hydrogen-bond acceptors (Lipinski definition) is 7. The van der Waals surface area contributed by atoms with Gasteiger partial charge in [0.15, 0.2) is 11.5 Å². The molecule has 2 aromatic rings. The number of ether oxygens (including phenoxy) is 1. The van der Waals surface area contributed by atoms with Gasteiger partial charge in [-0.15, -0.1) is 0 Å². The molecule has 1 aliphatic carbocycles. The highest BCUT2D eigenvalue weighted by Crippen LogP contribution is 2.52. The quantitative estimate of drug-likeness (QED) is 0.0533. The van der Waals surface area contributed by atoms with Crippen LogP contribution < -0.4 is 4.74 Å². The summed E-state index contributed by atoms with van der Waals surface area (Å²) in [5.41, 5.74) is 5.17. The molecule has 250 valence electrons. The van der Waals surface area contributed by atoms with E-state index in [1.165, 1.54) is 12.0 Å². The third-order valence-electron chi connectivity index (χ3n) is 9.74. The van der Waals surface area contributed by atoms with Gasteiger partial charge in [-0.3, -0.25) is 19.3 Å². The lowest BCUT2D eigenvalue weighted by molar-refractivity contribution is -0.141. The molecule has 9 nitrogen and oxygen atoms in total. The Hall–Kier alpha value is -3.16. The van der Waals surface area contributed by atoms with E-state index in [1.807, 2.05) is 24.3 Å². The first-order valence-corrected chi connectivity index (χ1v) is 17.5. The molecule has 0 unspecified atom stereocenters. The van der Waals surface area contributed by atoms with Crippen molar-refractivity contribution < 1.29 is 39.0 Å². The fraction of sp³-hybridized carbons (Fsp3) is 0.472. The molecule has 0 radical (unpaired) electrons. The molecule has 2 fully saturated rings. The molecule has 4 atom stereocenters. The van der Waals surface area contributed by atoms with Crippen LogP contribution in [0.15, 0.2) is 53.6 Å². The van der Waals surface area contributed by atoms with Crippen LogP contribution in [-0.4, -0.2) is 64.8 Å². The molecule has 3 N–H and O–H groups in total. The first-order valence-electron chi connectivity index (χ1n) is 16.5. The van der Waals surface area contributed by atoms with Crippen LogP contribution in [-0.2, 0) is 19.0 Å². The number of benzene rings is 2. The predicted molar refractivity (Wildman–Crippen MR) is 188 cm³/mol. The minimum absolute atomic E-state index is 0.0726. The summed E-state index contributed by atoms with van der Waals surface area (Å²) >= 11 is 2.09. The number of allylic oxidation sites excluding steroid dienone is 2. The summed E-state index contributed by atoms with van der Waals surface area (Å²) in [7, 11) is 0.471. The number of imide groups is 1. The first kappa shape index (κ1) is 35.2. The van der Waals surface area contributed by atoms with E-state index in [4.69, 9.17) is 14.5 Å². The fourth-order valence-corrected chi connectivity index (χ4v) is 8.16. The van der Waals surface area contributed by atoms with Crippen molar-refractivity contribution in [2.75, 3.05) is 13.7 Å². The number of carboxylic acid groups (broad SMARTS) is 1. The summed E-state index contributed by atoms with van der Waals surface area (Å²) < 4.78 is 12.3. The van der Waals surface area contributed by atoms with Gasteiger partial charge in [-0.2, -0.15) is 0 Å². The van der Waals surface area contributed by atoms with Gasteiger partial charge in [0.25, 0.3) is 0 Å². The molecule has 0 saturated carbocycles. The lowest BCUT2D eigenvalue weighted by Crippen LogP contribution is -2.46. The number of rotatable bonds is 13. The Labute approximate surface area is 290 Å². The van der Waals surface area contributed by atoms with E-state index < -0.39 is 31.0 Å². The Balaban J connectivity index is 1.42. The number of carboxylic acids is 1. The normalized spacial score (nSPS) is 23.0. The average molecular weight is 755 g/mol. The monoisotopic (exact) mass is 755 g/mol. The van der Waals surface area contributed by atoms with Crippen LogP contribution in [0, 0.1) is 27.2 Å². The van der Waals surface area contributed by atoms with Crippen LogP contribution in [0.5, 0.6) is 11.5 Å². The zero-order chi connectivity index (χ0) is 33.8. The van der Waals surface area contributed by atoms with E-state index in [0.717, 1.165) is 27.8 Å². The van der Waals surface area contributed by atoms with E-state index in [0.29, 0.717) is 47.8 Å². The maximum absolute atomic E-state index is 13.9. The number of phenolic OH excluding ortho intramolecular Hbond substituents is 1. The zero-order valence-electron chi connectivity index (χ0n) is 27.2. The molecule has 5 rings (SSSR count). The van der Waals surface area contributed by atoms with E-state index >= 15 is 0 Å². The van der Waals surface area contributed by atoms with Gasteiger partial charge in [0.1, 0.15) is 0 Å². The minimum Gasteiger partial charge on any atom is -0.504 e. The Bertz CT molecular complexity index is 1560. The Morgan fingerprint density at radius 3 is 2.53 bits per heavy atom. The topological polar surface area (TPSA) is 134 Å². The number of phenols is 1. The van der Waals surface area contributed by atoms with Crippen molar-refractivity contribution in [2.45, 2.75) is 71.2 Å². The largest absolute Gasteiger partial charge is 0.504 e. The van der Waals surface area contributed by atoms with Gasteiger partial charge in [0, 0.05) is 13.0 Å². The predicted octanol–water partition coefficient (Wildman–Crippen LogP) is 6.42. The van der Waals surface area contributed by atoms with Crippen molar-refractivity contribution in [3.8, 4) is 11.5 Å². The second kappa shape index (κ2) is 15.4. The Morgan fingerprint density at radius 2 is 1.85 bits per heavy atom. The molecule has 0 spiro atoms. The van der Waals surface area contributed by atoms with Crippen molar-refractivity contribution in [2.24, 2.45) is 23.7 Å². The molecule has 47 heavy (non-hydrogen) atoms. The third-order valence-corrected chi connectivity index (χ3v) is 10.6. The van der Waals surface area contributed by atoms with Gasteiger partial charge in [-0.05, 0) is 107 Å². The molecular formula is C36H43BINO8. The van der Waals surface area contributed by atoms with Crippen LogP contribution in [0.3, 0.4) is 0 Å². The number of aliphatic carboxylic acids is 1. The number of halogens is 1. The highest BCUT2D eigenvalue weighted by molar-refractivity contribution is 14.1. The van der Waals surface area contributed by atoms with Gasteiger partial charge in [-0.25, -0.2) is 0 Å². The number of nitrogens with zero attached hydrogens (tertiary/aromatic N) is 1. The molecule has 11 heteroatoms. The molecule has 2 aliphatic heterocycles. The van der Waals surface area contributed by atoms with E-state index in [9.17, 15) is 24.5 Å². The van der Waals surface area contributed by atoms with E-state index in [1.54, 1.807) is 6.07 Å². The molecular weight excluding hydrogens is 712 g/mol. The van der Waals surface area contributed by atoms with E-state index in [2.05, 4.69) is 54.6 Å². The fourth-order valence-electron chi connectivity index (χ4n) is 7.53. The van der Waals surface area contributed by atoms with Gasteiger partial charge in [0.05, 0.1) is 28.6 Å². The number of amides is 2. The van der Waals surface area contributed by atoms with Crippen molar-refractivity contribution in [3.63, 3.8) is 0 Å². The summed E-state index contributed by atoms with van der Waals surface area (Å²) in [6, 6.07) is 13.8.